The Labute approximate surface area is 82.8 Å². The second kappa shape index (κ2) is 2.99. The van der Waals surface area contributed by atoms with Gasteiger partial charge in [-0.15, -0.1) is 0 Å². The van der Waals surface area contributed by atoms with E-state index in [9.17, 15) is 0 Å². The predicted octanol–water partition coefficient (Wildman–Crippen LogP) is 3.46. The van der Waals surface area contributed by atoms with Crippen molar-refractivity contribution in [1.29, 1.82) is 0 Å². The lowest BCUT2D eigenvalue weighted by Gasteiger charge is -1.98. The zero-order valence-electron chi connectivity index (χ0n) is 5.97. The second-order valence-electron chi connectivity index (χ2n) is 2.42. The number of aromatic nitrogens is 1. The van der Waals surface area contributed by atoms with E-state index in [0.717, 1.165) is 15.4 Å². The molecule has 0 saturated carbocycles. The molecule has 1 aromatic carbocycles. The zero-order chi connectivity index (χ0) is 8.55. The van der Waals surface area contributed by atoms with E-state index in [1.807, 2.05) is 24.4 Å². The van der Waals surface area contributed by atoms with Crippen molar-refractivity contribution in [2.24, 2.45) is 0 Å². The Balaban J connectivity index is 2.75. The molecule has 0 amide bonds. The maximum atomic E-state index is 5.24. The number of hydrogen-bond acceptors (Lipinski definition) is 1. The van der Waals surface area contributed by atoms with Crippen LogP contribution in [0.15, 0.2) is 28.9 Å². The predicted molar refractivity (Wildman–Crippen MR) is 52.5 cm³/mol. The molecule has 0 radical (unpaired) electrons. The van der Waals surface area contributed by atoms with Crippen molar-refractivity contribution in [2.45, 2.75) is 0 Å². The first-order valence-electron chi connectivity index (χ1n) is 3.36. The van der Waals surface area contributed by atoms with Crippen molar-refractivity contribution in [3.8, 4) is 5.75 Å². The molecule has 2 nitrogen and oxygen atoms in total. The van der Waals surface area contributed by atoms with E-state index in [0.29, 0.717) is 5.75 Å². The molecule has 1 aromatic heterocycles. The summed E-state index contributed by atoms with van der Waals surface area (Å²) in [4.78, 5) is 3.09. The molecular formula is C8H5BrClNO. The van der Waals surface area contributed by atoms with Gasteiger partial charge in [0.05, 0.1) is 5.52 Å². The van der Waals surface area contributed by atoms with Gasteiger partial charge >= 0.3 is 0 Å². The van der Waals surface area contributed by atoms with Crippen LogP contribution in [0.5, 0.6) is 5.75 Å². The Morgan fingerprint density at radius 1 is 1.42 bits per heavy atom. The van der Waals surface area contributed by atoms with Crippen molar-refractivity contribution in [1.82, 2.24) is 4.98 Å². The topological polar surface area (TPSA) is 25.0 Å². The summed E-state index contributed by atoms with van der Waals surface area (Å²) in [5.41, 5.74) is 1.05. The smallest absolute Gasteiger partial charge is 0.148 e. The van der Waals surface area contributed by atoms with E-state index in [1.54, 1.807) is 0 Å². The molecule has 0 unspecified atom stereocenters. The number of fused-ring (bicyclic) bond motifs is 1. The fourth-order valence-corrected chi connectivity index (χ4v) is 1.80. The third-order valence-electron chi connectivity index (χ3n) is 1.67. The van der Waals surface area contributed by atoms with E-state index in [1.165, 1.54) is 0 Å². The van der Waals surface area contributed by atoms with E-state index in [2.05, 4.69) is 25.2 Å². The molecule has 0 spiro atoms. The SMILES string of the molecule is ClOc1cc(Br)c2[nH]ccc2c1. The van der Waals surface area contributed by atoms with Gasteiger partial charge in [0.15, 0.2) is 0 Å². The molecule has 62 valence electrons. The molecule has 0 fully saturated rings. The zero-order valence-corrected chi connectivity index (χ0v) is 8.32. The lowest BCUT2D eigenvalue weighted by atomic mass is 10.2. The van der Waals surface area contributed by atoms with E-state index in [4.69, 9.17) is 11.9 Å². The third-order valence-corrected chi connectivity index (χ3v) is 2.48. The van der Waals surface area contributed by atoms with Crippen LogP contribution in [0.4, 0.5) is 0 Å². The van der Waals surface area contributed by atoms with Crippen molar-refractivity contribution in [2.75, 3.05) is 0 Å². The lowest BCUT2D eigenvalue weighted by molar-refractivity contribution is 0.620. The summed E-state index contributed by atoms with van der Waals surface area (Å²) in [6.07, 6.45) is 1.87. The monoisotopic (exact) mass is 245 g/mol. The molecule has 0 aliphatic rings. The minimum Gasteiger partial charge on any atom is -0.386 e. The highest BCUT2D eigenvalue weighted by Gasteiger charge is 2.02. The molecule has 0 atom stereocenters. The van der Waals surface area contributed by atoms with Crippen LogP contribution in [0.2, 0.25) is 0 Å². The standard InChI is InChI=1S/C8H5BrClNO/c9-7-4-6(12-10)3-5-1-2-11-8(5)7/h1-4,11H. The van der Waals surface area contributed by atoms with Crippen LogP contribution >= 0.6 is 27.8 Å². The maximum absolute atomic E-state index is 5.24. The van der Waals surface area contributed by atoms with Crippen LogP contribution < -0.4 is 4.29 Å². The summed E-state index contributed by atoms with van der Waals surface area (Å²) >= 11 is 8.63. The van der Waals surface area contributed by atoms with Gasteiger partial charge in [0.1, 0.15) is 17.6 Å². The van der Waals surface area contributed by atoms with E-state index in [-0.39, 0.29) is 0 Å². The van der Waals surface area contributed by atoms with Crippen LogP contribution in [0.25, 0.3) is 10.9 Å². The molecule has 0 bridgehead atoms. The van der Waals surface area contributed by atoms with E-state index < -0.39 is 0 Å². The number of hydrogen-bond donors (Lipinski definition) is 1. The molecule has 12 heavy (non-hydrogen) atoms. The molecular weight excluding hydrogens is 241 g/mol. The number of H-pyrrole nitrogens is 1. The minimum atomic E-state index is 0.635. The number of rotatable bonds is 1. The Morgan fingerprint density at radius 2 is 2.25 bits per heavy atom. The van der Waals surface area contributed by atoms with Crippen LogP contribution in [0.3, 0.4) is 0 Å². The molecule has 4 heteroatoms. The highest BCUT2D eigenvalue weighted by molar-refractivity contribution is 9.10. The van der Waals surface area contributed by atoms with Gasteiger partial charge in [-0.3, -0.25) is 0 Å². The normalized spacial score (nSPS) is 10.5. The Morgan fingerprint density at radius 3 is 3.00 bits per heavy atom. The number of halogens is 2. The Hall–Kier alpha value is -0.670. The van der Waals surface area contributed by atoms with Gasteiger partial charge < -0.3 is 9.27 Å². The maximum Gasteiger partial charge on any atom is 0.148 e. The highest BCUT2D eigenvalue weighted by Crippen LogP contribution is 2.28. The first kappa shape index (κ1) is 7.95. The van der Waals surface area contributed by atoms with Crippen LogP contribution in [-0.2, 0) is 0 Å². The fourth-order valence-electron chi connectivity index (χ4n) is 1.15. The van der Waals surface area contributed by atoms with Gasteiger partial charge in [-0.25, -0.2) is 0 Å². The quantitative estimate of drug-likeness (QED) is 0.819. The van der Waals surface area contributed by atoms with Gasteiger partial charge in [-0.1, -0.05) is 0 Å². The summed E-state index contributed by atoms with van der Waals surface area (Å²) in [6.45, 7) is 0. The van der Waals surface area contributed by atoms with Crippen LogP contribution in [0, 0.1) is 0 Å². The minimum absolute atomic E-state index is 0.635. The van der Waals surface area contributed by atoms with Gasteiger partial charge in [0, 0.05) is 16.1 Å². The first-order chi connectivity index (χ1) is 5.81. The largest absolute Gasteiger partial charge is 0.386 e. The second-order valence-corrected chi connectivity index (χ2v) is 3.43. The molecule has 1 heterocycles. The van der Waals surface area contributed by atoms with Gasteiger partial charge in [0.25, 0.3) is 0 Å². The average Bonchev–Trinajstić information content (AvgIpc) is 2.52. The fraction of sp³-hybridized carbons (Fsp3) is 0. The number of aromatic amines is 1. The lowest BCUT2D eigenvalue weighted by Crippen LogP contribution is -1.76. The molecule has 1 N–H and O–H groups in total. The van der Waals surface area contributed by atoms with Crippen molar-refractivity contribution < 1.29 is 4.29 Å². The molecule has 0 saturated heterocycles. The number of nitrogens with one attached hydrogen (secondary N) is 1. The Kier molecular flexibility index (Phi) is 1.98. The van der Waals surface area contributed by atoms with Gasteiger partial charge in [0.2, 0.25) is 0 Å². The molecule has 0 aliphatic carbocycles. The van der Waals surface area contributed by atoms with Crippen molar-refractivity contribution in [3.63, 3.8) is 0 Å². The summed E-state index contributed by atoms with van der Waals surface area (Å²) in [5.74, 6) is 0.635. The number of benzene rings is 1. The summed E-state index contributed by atoms with van der Waals surface area (Å²) in [6, 6.07) is 5.63. The summed E-state index contributed by atoms with van der Waals surface area (Å²) in [5, 5.41) is 1.07. The molecule has 2 rings (SSSR count). The van der Waals surface area contributed by atoms with Crippen molar-refractivity contribution >= 4 is 38.7 Å². The van der Waals surface area contributed by atoms with Crippen molar-refractivity contribution in [3.05, 3.63) is 28.9 Å². The first-order valence-corrected chi connectivity index (χ1v) is 4.46. The van der Waals surface area contributed by atoms with Gasteiger partial charge in [-0.05, 0) is 34.1 Å². The highest BCUT2D eigenvalue weighted by atomic mass is 79.9. The summed E-state index contributed by atoms with van der Waals surface area (Å²) < 4.78 is 5.55. The van der Waals surface area contributed by atoms with Crippen LogP contribution in [-0.4, -0.2) is 4.98 Å². The third kappa shape index (κ3) is 1.19. The van der Waals surface area contributed by atoms with Crippen LogP contribution in [0.1, 0.15) is 0 Å². The molecule has 0 aliphatic heterocycles. The average molecular weight is 246 g/mol. The Bertz CT molecular complexity index is 412. The summed E-state index contributed by atoms with van der Waals surface area (Å²) in [7, 11) is 0. The molecule has 2 aromatic rings. The van der Waals surface area contributed by atoms with Gasteiger partial charge in [-0.2, -0.15) is 0 Å². The van der Waals surface area contributed by atoms with E-state index >= 15 is 0 Å².